The minimum absolute atomic E-state index is 0.0931. The number of rotatable bonds is 2. The minimum atomic E-state index is -4.33. The van der Waals surface area contributed by atoms with Crippen LogP contribution in [0.15, 0.2) is 42.5 Å². The van der Waals surface area contributed by atoms with Crippen molar-refractivity contribution in [3.8, 4) is 5.75 Å². The molecule has 3 rings (SSSR count). The summed E-state index contributed by atoms with van der Waals surface area (Å²) < 4.78 is 44.4. The Morgan fingerprint density at radius 3 is 2.54 bits per heavy atom. The fourth-order valence-electron chi connectivity index (χ4n) is 3.34. The fraction of sp³-hybridized carbons (Fsp3) is 0.368. The maximum Gasteiger partial charge on any atom is 0.416 e. The molecule has 0 aliphatic carbocycles. The van der Waals surface area contributed by atoms with Gasteiger partial charge >= 0.3 is 6.18 Å². The normalized spacial score (nSPS) is 19.3. The van der Waals surface area contributed by atoms with Gasteiger partial charge in [-0.1, -0.05) is 24.3 Å². The van der Waals surface area contributed by atoms with Crippen LogP contribution in [-0.2, 0) is 6.18 Å². The number of halogens is 3. The molecule has 1 aliphatic heterocycles. The monoisotopic (exact) mass is 335 g/mol. The molecule has 1 heterocycles. The van der Waals surface area contributed by atoms with Crippen LogP contribution in [0.25, 0.3) is 0 Å². The van der Waals surface area contributed by atoms with Crippen LogP contribution in [0, 0.1) is 0 Å². The second-order valence-corrected chi connectivity index (χ2v) is 6.84. The highest BCUT2D eigenvalue weighted by Crippen LogP contribution is 2.44. The molecule has 2 nitrogen and oxygen atoms in total. The summed E-state index contributed by atoms with van der Waals surface area (Å²) in [5, 5.41) is 3.45. The maximum atomic E-state index is 13.1. The molecule has 128 valence electrons. The van der Waals surface area contributed by atoms with Gasteiger partial charge < -0.3 is 10.1 Å². The van der Waals surface area contributed by atoms with Crippen LogP contribution in [0.4, 0.5) is 18.9 Å². The molecule has 1 unspecified atom stereocenters. The Bertz CT molecular complexity index is 753. The molecule has 0 bridgehead atoms. The third-order valence-electron chi connectivity index (χ3n) is 4.44. The highest BCUT2D eigenvalue weighted by atomic mass is 19.4. The second-order valence-electron chi connectivity index (χ2n) is 6.84. The highest BCUT2D eigenvalue weighted by molar-refractivity contribution is 5.62. The number of nitrogens with one attached hydrogen (secondary N) is 1. The van der Waals surface area contributed by atoms with E-state index in [2.05, 4.69) is 19.2 Å². The summed E-state index contributed by atoms with van der Waals surface area (Å²) in [6.07, 6.45) is -3.62. The number of fused-ring (bicyclic) bond motifs is 1. The van der Waals surface area contributed by atoms with E-state index in [-0.39, 0.29) is 11.5 Å². The number of alkyl halides is 3. The van der Waals surface area contributed by atoms with Crippen LogP contribution in [0.3, 0.4) is 0 Å². The van der Waals surface area contributed by atoms with Crippen LogP contribution >= 0.6 is 0 Å². The minimum Gasteiger partial charge on any atom is -0.497 e. The third-order valence-corrected chi connectivity index (χ3v) is 4.44. The molecular formula is C19H20F3NO. The zero-order chi connectivity index (χ0) is 17.5. The molecule has 0 amide bonds. The Balaban J connectivity index is 2.09. The third kappa shape index (κ3) is 3.21. The van der Waals surface area contributed by atoms with E-state index in [0.29, 0.717) is 12.0 Å². The fourth-order valence-corrected chi connectivity index (χ4v) is 3.34. The van der Waals surface area contributed by atoms with Gasteiger partial charge in [-0.15, -0.1) is 0 Å². The molecule has 1 atom stereocenters. The van der Waals surface area contributed by atoms with Crippen molar-refractivity contribution < 1.29 is 17.9 Å². The largest absolute Gasteiger partial charge is 0.497 e. The van der Waals surface area contributed by atoms with Crippen molar-refractivity contribution in [2.24, 2.45) is 0 Å². The summed E-state index contributed by atoms with van der Waals surface area (Å²) in [7, 11) is 1.60. The summed E-state index contributed by atoms with van der Waals surface area (Å²) in [5.41, 5.74) is 1.76. The molecule has 1 aliphatic rings. The molecule has 0 fully saturated rings. The molecule has 0 radical (unpaired) electrons. The number of benzene rings is 2. The summed E-state index contributed by atoms with van der Waals surface area (Å²) in [6, 6.07) is 11.3. The summed E-state index contributed by atoms with van der Waals surface area (Å²) >= 11 is 0. The lowest BCUT2D eigenvalue weighted by molar-refractivity contribution is -0.137. The number of hydrogen-bond donors (Lipinski definition) is 1. The zero-order valence-corrected chi connectivity index (χ0v) is 13.9. The first-order valence-corrected chi connectivity index (χ1v) is 7.83. The van der Waals surface area contributed by atoms with Gasteiger partial charge in [-0.25, -0.2) is 0 Å². The highest BCUT2D eigenvalue weighted by Gasteiger charge is 2.35. The van der Waals surface area contributed by atoms with Gasteiger partial charge in [0.2, 0.25) is 0 Å². The quantitative estimate of drug-likeness (QED) is 0.789. The van der Waals surface area contributed by atoms with E-state index in [1.807, 2.05) is 18.2 Å². The van der Waals surface area contributed by atoms with Crippen LogP contribution < -0.4 is 10.1 Å². The topological polar surface area (TPSA) is 21.3 Å². The van der Waals surface area contributed by atoms with E-state index >= 15 is 0 Å². The van der Waals surface area contributed by atoms with Crippen molar-refractivity contribution in [1.82, 2.24) is 0 Å². The lowest BCUT2D eigenvalue weighted by atomic mass is 9.77. The molecule has 0 aromatic heterocycles. The molecule has 0 spiro atoms. The van der Waals surface area contributed by atoms with Gasteiger partial charge in [0.05, 0.1) is 12.7 Å². The Labute approximate surface area is 139 Å². The number of methoxy groups -OCH3 is 1. The average Bonchev–Trinajstić information content (AvgIpc) is 2.52. The molecule has 0 saturated heterocycles. The van der Waals surface area contributed by atoms with Crippen molar-refractivity contribution in [1.29, 1.82) is 0 Å². The lowest BCUT2D eigenvalue weighted by Gasteiger charge is -2.39. The molecule has 0 saturated carbocycles. The first-order valence-electron chi connectivity index (χ1n) is 7.83. The molecule has 5 heteroatoms. The van der Waals surface area contributed by atoms with Crippen LogP contribution in [-0.4, -0.2) is 12.6 Å². The van der Waals surface area contributed by atoms with Crippen molar-refractivity contribution in [3.63, 3.8) is 0 Å². The van der Waals surface area contributed by atoms with Gasteiger partial charge in [-0.3, -0.25) is 0 Å². The smallest absolute Gasteiger partial charge is 0.416 e. The first-order chi connectivity index (χ1) is 11.2. The first kappa shape index (κ1) is 16.7. The van der Waals surface area contributed by atoms with Gasteiger partial charge in [0.1, 0.15) is 5.75 Å². The van der Waals surface area contributed by atoms with Crippen LogP contribution in [0.5, 0.6) is 5.75 Å². The predicted octanol–water partition coefficient (Wildman–Crippen LogP) is 5.44. The van der Waals surface area contributed by atoms with Gasteiger partial charge in [0.25, 0.3) is 0 Å². The lowest BCUT2D eigenvalue weighted by Crippen LogP contribution is -2.37. The van der Waals surface area contributed by atoms with Crippen LogP contribution in [0.1, 0.15) is 42.9 Å². The van der Waals surface area contributed by atoms with Gasteiger partial charge in [-0.05, 0) is 43.5 Å². The molecule has 24 heavy (non-hydrogen) atoms. The summed E-state index contributed by atoms with van der Waals surface area (Å²) in [5.74, 6) is 0.631. The average molecular weight is 335 g/mol. The number of ether oxygens (including phenoxy) is 1. The molecular weight excluding hydrogens is 315 g/mol. The van der Waals surface area contributed by atoms with Crippen molar-refractivity contribution in [2.75, 3.05) is 12.4 Å². The molecule has 2 aromatic rings. The maximum absolute atomic E-state index is 13.1. The summed E-state index contributed by atoms with van der Waals surface area (Å²) in [6.45, 7) is 4.10. The van der Waals surface area contributed by atoms with E-state index in [4.69, 9.17) is 4.74 Å². The van der Waals surface area contributed by atoms with E-state index in [1.165, 1.54) is 12.1 Å². The number of hydrogen-bond acceptors (Lipinski definition) is 2. The van der Waals surface area contributed by atoms with E-state index < -0.39 is 11.7 Å². The Morgan fingerprint density at radius 1 is 1.12 bits per heavy atom. The van der Waals surface area contributed by atoms with Crippen molar-refractivity contribution in [2.45, 2.75) is 37.9 Å². The van der Waals surface area contributed by atoms with E-state index in [9.17, 15) is 13.2 Å². The number of anilines is 1. The van der Waals surface area contributed by atoms with Gasteiger partial charge in [0, 0.05) is 23.2 Å². The Hall–Kier alpha value is -2.17. The second kappa shape index (κ2) is 5.72. The molecule has 1 N–H and O–H groups in total. The van der Waals surface area contributed by atoms with Gasteiger partial charge in [-0.2, -0.15) is 13.2 Å². The van der Waals surface area contributed by atoms with Crippen LogP contribution in [0.2, 0.25) is 0 Å². The predicted molar refractivity (Wildman–Crippen MR) is 88.6 cm³/mol. The Kier molecular flexibility index (Phi) is 3.98. The molecule has 2 aromatic carbocycles. The Morgan fingerprint density at radius 2 is 1.88 bits per heavy atom. The standard InChI is InChI=1S/C19H20F3NO/c1-18(2)11-16(12-5-4-6-13(9-12)19(20,21)22)15-8-7-14(24-3)10-17(15)23-18/h4-10,16,23H,11H2,1-3H3. The van der Waals surface area contributed by atoms with Crippen molar-refractivity contribution >= 4 is 5.69 Å². The summed E-state index contributed by atoms with van der Waals surface area (Å²) in [4.78, 5) is 0. The zero-order valence-electron chi connectivity index (χ0n) is 13.9. The SMILES string of the molecule is COc1ccc2c(c1)NC(C)(C)CC2c1cccc(C(F)(F)F)c1. The van der Waals surface area contributed by atoms with E-state index in [1.54, 1.807) is 13.2 Å². The van der Waals surface area contributed by atoms with Gasteiger partial charge in [0.15, 0.2) is 0 Å². The van der Waals surface area contributed by atoms with Crippen molar-refractivity contribution in [3.05, 3.63) is 59.2 Å². The van der Waals surface area contributed by atoms with E-state index in [0.717, 1.165) is 23.1 Å².